The molecule has 0 aliphatic carbocycles. The van der Waals surface area contributed by atoms with E-state index in [1.165, 1.54) is 5.56 Å². The molecule has 0 aliphatic rings. The molecule has 0 saturated heterocycles. The summed E-state index contributed by atoms with van der Waals surface area (Å²) in [6, 6.07) is 12.3. The van der Waals surface area contributed by atoms with Crippen LogP contribution in [0.15, 0.2) is 48.8 Å². The van der Waals surface area contributed by atoms with Crippen molar-refractivity contribution >= 4 is 22.4 Å². The van der Waals surface area contributed by atoms with Gasteiger partial charge in [0.15, 0.2) is 0 Å². The number of H-pyrrole nitrogens is 1. The van der Waals surface area contributed by atoms with Crippen LogP contribution in [0.3, 0.4) is 0 Å². The summed E-state index contributed by atoms with van der Waals surface area (Å²) < 4.78 is 0. The minimum Gasteiger partial charge on any atom is -0.355 e. The fourth-order valence-electron chi connectivity index (χ4n) is 1.95. The highest BCUT2D eigenvalue weighted by atomic mass is 14.9. The van der Waals surface area contributed by atoms with E-state index in [2.05, 4.69) is 40.4 Å². The molecule has 0 aliphatic heterocycles. The summed E-state index contributed by atoms with van der Waals surface area (Å²) in [6.07, 6.45) is 3.70. The summed E-state index contributed by atoms with van der Waals surface area (Å²) in [4.78, 5) is 7.37. The number of fused-ring (bicyclic) bond motifs is 1. The van der Waals surface area contributed by atoms with Crippen molar-refractivity contribution in [3.63, 3.8) is 0 Å². The highest BCUT2D eigenvalue weighted by Gasteiger charge is 2.02. The molecule has 0 bridgehead atoms. The molecule has 2 N–H and O–H groups in total. The van der Waals surface area contributed by atoms with Crippen LogP contribution in [0.4, 0.5) is 11.4 Å². The van der Waals surface area contributed by atoms with Crippen molar-refractivity contribution in [3.8, 4) is 0 Å². The van der Waals surface area contributed by atoms with E-state index in [9.17, 15) is 0 Å². The van der Waals surface area contributed by atoms with Gasteiger partial charge in [0.25, 0.3) is 0 Å². The first kappa shape index (κ1) is 9.90. The molecule has 2 heterocycles. The van der Waals surface area contributed by atoms with E-state index < -0.39 is 0 Å². The Bertz CT molecular complexity index is 655. The summed E-state index contributed by atoms with van der Waals surface area (Å²) >= 11 is 0. The smallest absolute Gasteiger partial charge is 0.139 e. The molecular weight excluding hydrogens is 210 g/mol. The molecule has 0 radical (unpaired) electrons. The summed E-state index contributed by atoms with van der Waals surface area (Å²) in [6.45, 7) is 2.09. The maximum Gasteiger partial charge on any atom is 0.139 e. The van der Waals surface area contributed by atoms with Crippen LogP contribution in [-0.4, -0.2) is 9.97 Å². The molecule has 84 valence electrons. The minimum absolute atomic E-state index is 0.905. The van der Waals surface area contributed by atoms with Crippen molar-refractivity contribution < 1.29 is 0 Å². The van der Waals surface area contributed by atoms with Crippen LogP contribution < -0.4 is 5.32 Å². The number of hydrogen-bond acceptors (Lipinski definition) is 2. The highest BCUT2D eigenvalue weighted by Crippen LogP contribution is 2.24. The van der Waals surface area contributed by atoms with E-state index in [0.717, 1.165) is 22.4 Å². The molecule has 0 atom stereocenters. The lowest BCUT2D eigenvalue weighted by atomic mass is 10.2. The molecule has 0 amide bonds. The molecule has 1 aromatic carbocycles. The molecule has 0 spiro atoms. The Hall–Kier alpha value is -2.29. The van der Waals surface area contributed by atoms with Crippen LogP contribution in [0.25, 0.3) is 11.0 Å². The molecule has 3 nitrogen and oxygen atoms in total. The van der Waals surface area contributed by atoms with E-state index in [0.29, 0.717) is 0 Å². The van der Waals surface area contributed by atoms with Crippen LogP contribution >= 0.6 is 0 Å². The number of aryl methyl sites for hydroxylation is 1. The van der Waals surface area contributed by atoms with Crippen molar-refractivity contribution in [2.75, 3.05) is 5.32 Å². The molecular formula is C14H13N3. The summed E-state index contributed by atoms with van der Waals surface area (Å²) in [5.74, 6) is 0. The maximum absolute atomic E-state index is 4.27. The fourth-order valence-corrected chi connectivity index (χ4v) is 1.95. The average Bonchev–Trinajstić information content (AvgIpc) is 2.78. The number of nitrogens with zero attached hydrogens (tertiary/aromatic N) is 1. The minimum atomic E-state index is 0.905. The molecule has 2 aromatic heterocycles. The van der Waals surface area contributed by atoms with Crippen molar-refractivity contribution in [3.05, 3.63) is 54.4 Å². The third kappa shape index (κ3) is 1.87. The Morgan fingerprint density at radius 1 is 1.18 bits per heavy atom. The van der Waals surface area contributed by atoms with Crippen molar-refractivity contribution in [2.45, 2.75) is 6.92 Å². The summed E-state index contributed by atoms with van der Waals surface area (Å²) in [7, 11) is 0. The van der Waals surface area contributed by atoms with Crippen molar-refractivity contribution in [2.24, 2.45) is 0 Å². The first-order chi connectivity index (χ1) is 8.33. The van der Waals surface area contributed by atoms with Crippen LogP contribution in [-0.2, 0) is 0 Å². The zero-order valence-corrected chi connectivity index (χ0v) is 9.57. The second-order valence-electron chi connectivity index (χ2n) is 4.09. The number of hydrogen-bond donors (Lipinski definition) is 2. The molecule has 3 rings (SSSR count). The number of nitrogens with one attached hydrogen (secondary N) is 2. The quantitative estimate of drug-likeness (QED) is 0.696. The summed E-state index contributed by atoms with van der Waals surface area (Å²) in [5.41, 5.74) is 4.32. The Morgan fingerprint density at radius 3 is 3.00 bits per heavy atom. The average molecular weight is 223 g/mol. The molecule has 0 fully saturated rings. The topological polar surface area (TPSA) is 40.7 Å². The Labute approximate surface area is 99.5 Å². The third-order valence-corrected chi connectivity index (χ3v) is 2.76. The van der Waals surface area contributed by atoms with Crippen LogP contribution in [0, 0.1) is 6.92 Å². The standard InChI is InChI=1S/C14H13N3/c1-10-3-2-4-11(9-10)17-13-6-8-16-14-12(13)5-7-15-14/h2-9H,1H3,(H2,15,16,17). The molecule has 0 saturated carbocycles. The highest BCUT2D eigenvalue weighted by molar-refractivity contribution is 5.91. The Morgan fingerprint density at radius 2 is 2.12 bits per heavy atom. The number of aromatic amines is 1. The van der Waals surface area contributed by atoms with Gasteiger partial charge in [-0.25, -0.2) is 4.98 Å². The van der Waals surface area contributed by atoms with Gasteiger partial charge >= 0.3 is 0 Å². The fraction of sp³-hybridized carbons (Fsp3) is 0.0714. The van der Waals surface area contributed by atoms with Gasteiger partial charge in [-0.1, -0.05) is 12.1 Å². The normalized spacial score (nSPS) is 10.6. The van der Waals surface area contributed by atoms with E-state index in [1.807, 2.05) is 24.4 Å². The lowest BCUT2D eigenvalue weighted by molar-refractivity contribution is 1.32. The van der Waals surface area contributed by atoms with Crippen LogP contribution in [0.5, 0.6) is 0 Å². The number of pyridine rings is 1. The number of aromatic nitrogens is 2. The molecule has 3 aromatic rings. The second kappa shape index (κ2) is 3.94. The van der Waals surface area contributed by atoms with Gasteiger partial charge < -0.3 is 10.3 Å². The van der Waals surface area contributed by atoms with Gasteiger partial charge in [0.05, 0.1) is 5.69 Å². The molecule has 17 heavy (non-hydrogen) atoms. The van der Waals surface area contributed by atoms with E-state index >= 15 is 0 Å². The second-order valence-corrected chi connectivity index (χ2v) is 4.09. The van der Waals surface area contributed by atoms with Gasteiger partial charge in [0.2, 0.25) is 0 Å². The van der Waals surface area contributed by atoms with Gasteiger partial charge in [-0.05, 0) is 36.8 Å². The number of benzene rings is 1. The van der Waals surface area contributed by atoms with Crippen molar-refractivity contribution in [1.29, 1.82) is 0 Å². The van der Waals surface area contributed by atoms with E-state index in [1.54, 1.807) is 6.20 Å². The lowest BCUT2D eigenvalue weighted by Crippen LogP contribution is -1.91. The van der Waals surface area contributed by atoms with Gasteiger partial charge in [0.1, 0.15) is 5.65 Å². The predicted molar refractivity (Wildman–Crippen MR) is 70.6 cm³/mol. The summed E-state index contributed by atoms with van der Waals surface area (Å²) in [5, 5.41) is 4.52. The Kier molecular flexibility index (Phi) is 2.29. The van der Waals surface area contributed by atoms with Gasteiger partial charge in [-0.2, -0.15) is 0 Å². The van der Waals surface area contributed by atoms with Gasteiger partial charge in [-0.15, -0.1) is 0 Å². The predicted octanol–water partition coefficient (Wildman–Crippen LogP) is 3.61. The van der Waals surface area contributed by atoms with Crippen LogP contribution in [0.2, 0.25) is 0 Å². The maximum atomic E-state index is 4.27. The van der Waals surface area contributed by atoms with Crippen LogP contribution in [0.1, 0.15) is 5.56 Å². The van der Waals surface area contributed by atoms with E-state index in [-0.39, 0.29) is 0 Å². The third-order valence-electron chi connectivity index (χ3n) is 2.76. The van der Waals surface area contributed by atoms with E-state index in [4.69, 9.17) is 0 Å². The van der Waals surface area contributed by atoms with Crippen molar-refractivity contribution in [1.82, 2.24) is 9.97 Å². The monoisotopic (exact) mass is 223 g/mol. The zero-order valence-electron chi connectivity index (χ0n) is 9.57. The first-order valence-corrected chi connectivity index (χ1v) is 5.59. The number of rotatable bonds is 2. The van der Waals surface area contributed by atoms with Gasteiger partial charge in [0, 0.05) is 23.5 Å². The molecule has 3 heteroatoms. The van der Waals surface area contributed by atoms with Gasteiger partial charge in [-0.3, -0.25) is 0 Å². The first-order valence-electron chi connectivity index (χ1n) is 5.59. The SMILES string of the molecule is Cc1cccc(Nc2ccnc3[nH]ccc23)c1. The largest absolute Gasteiger partial charge is 0.355 e. The zero-order chi connectivity index (χ0) is 11.7. The lowest BCUT2D eigenvalue weighted by Gasteiger charge is -2.07. The Balaban J connectivity index is 2.02. The molecule has 0 unspecified atom stereocenters. The number of anilines is 2.